The highest BCUT2D eigenvalue weighted by Gasteiger charge is 2.50. The highest BCUT2D eigenvalue weighted by molar-refractivity contribution is 7.15. The van der Waals surface area contributed by atoms with Gasteiger partial charge in [0.15, 0.2) is 4.96 Å². The van der Waals surface area contributed by atoms with Gasteiger partial charge in [0.05, 0.1) is 17.5 Å². The average molecular weight is 401 g/mol. The number of amides is 2. The Kier molecular flexibility index (Phi) is 4.62. The number of ether oxygens (including phenoxy) is 1. The molecule has 0 bridgehead atoms. The zero-order chi connectivity index (χ0) is 20.0. The number of hydrogen-bond acceptors (Lipinski definition) is 7. The predicted molar refractivity (Wildman–Crippen MR) is 101 cm³/mol. The molecular formula is C19H19N3O5S. The van der Waals surface area contributed by atoms with E-state index < -0.39 is 12.0 Å². The highest BCUT2D eigenvalue weighted by atomic mass is 32.1. The summed E-state index contributed by atoms with van der Waals surface area (Å²) < 4.78 is 6.74. The van der Waals surface area contributed by atoms with Crippen LogP contribution >= 0.6 is 11.3 Å². The molecule has 2 aromatic rings. The van der Waals surface area contributed by atoms with E-state index in [2.05, 4.69) is 4.98 Å². The Labute approximate surface area is 164 Å². The van der Waals surface area contributed by atoms with Gasteiger partial charge < -0.3 is 4.74 Å². The Morgan fingerprint density at radius 1 is 1.25 bits per heavy atom. The van der Waals surface area contributed by atoms with Crippen LogP contribution in [0.3, 0.4) is 0 Å². The van der Waals surface area contributed by atoms with Crippen molar-refractivity contribution in [3.05, 3.63) is 45.3 Å². The lowest BCUT2D eigenvalue weighted by molar-refractivity contribution is -0.159. The molecule has 2 amide bonds. The van der Waals surface area contributed by atoms with Gasteiger partial charge in [0.2, 0.25) is 11.8 Å². The molecule has 0 radical (unpaired) electrons. The van der Waals surface area contributed by atoms with E-state index in [9.17, 15) is 19.2 Å². The maximum Gasteiger partial charge on any atom is 0.329 e. The maximum absolute atomic E-state index is 12.6. The van der Waals surface area contributed by atoms with E-state index in [1.165, 1.54) is 28.7 Å². The molecule has 0 saturated carbocycles. The molecule has 0 unspecified atom stereocenters. The standard InChI is InChI=1S/C19H19N3O5S/c1-10-9-28-19-20-12(7-15(23)21(10)19)8-27-18(26)11(2)22-16(24)13-5-3-4-6-14(13)17(22)25/h3-4,7,9,11,13-14H,5-6,8H2,1-2H3/t11-,13-,14-/m0/s1. The third kappa shape index (κ3) is 2.95. The van der Waals surface area contributed by atoms with Gasteiger partial charge in [0.1, 0.15) is 12.6 Å². The van der Waals surface area contributed by atoms with E-state index in [4.69, 9.17) is 4.74 Å². The van der Waals surface area contributed by atoms with Gasteiger partial charge in [-0.2, -0.15) is 0 Å². The van der Waals surface area contributed by atoms with Gasteiger partial charge in [-0.25, -0.2) is 9.78 Å². The number of imide groups is 1. The van der Waals surface area contributed by atoms with Crippen LogP contribution in [0.5, 0.6) is 0 Å². The van der Waals surface area contributed by atoms with Crippen molar-refractivity contribution in [3.8, 4) is 0 Å². The van der Waals surface area contributed by atoms with Gasteiger partial charge in [0.25, 0.3) is 5.56 Å². The zero-order valence-electron chi connectivity index (χ0n) is 15.5. The van der Waals surface area contributed by atoms with Crippen molar-refractivity contribution < 1.29 is 19.1 Å². The Morgan fingerprint density at radius 3 is 2.54 bits per heavy atom. The fourth-order valence-corrected chi connectivity index (χ4v) is 4.64. The Hall–Kier alpha value is -2.81. The fourth-order valence-electron chi connectivity index (χ4n) is 3.75. The van der Waals surface area contributed by atoms with Crippen LogP contribution in [0.15, 0.2) is 28.4 Å². The molecule has 8 nitrogen and oxygen atoms in total. The average Bonchev–Trinajstić information content (AvgIpc) is 3.18. The van der Waals surface area contributed by atoms with Gasteiger partial charge in [-0.1, -0.05) is 12.2 Å². The van der Waals surface area contributed by atoms with Crippen LogP contribution in [0, 0.1) is 18.8 Å². The fraction of sp³-hybridized carbons (Fsp3) is 0.421. The summed E-state index contributed by atoms with van der Waals surface area (Å²) in [4.78, 5) is 55.7. The molecular weight excluding hydrogens is 382 g/mol. The van der Waals surface area contributed by atoms with Crippen molar-refractivity contribution in [2.75, 3.05) is 0 Å². The first-order valence-electron chi connectivity index (χ1n) is 9.04. The molecule has 2 aliphatic rings. The number of fused-ring (bicyclic) bond motifs is 2. The minimum absolute atomic E-state index is 0.198. The molecule has 1 saturated heterocycles. The molecule has 9 heteroatoms. The minimum Gasteiger partial charge on any atom is -0.458 e. The summed E-state index contributed by atoms with van der Waals surface area (Å²) in [6.45, 7) is 3.10. The number of rotatable bonds is 4. The Balaban J connectivity index is 1.46. The van der Waals surface area contributed by atoms with Crippen LogP contribution in [0.2, 0.25) is 0 Å². The molecule has 0 spiro atoms. The van der Waals surface area contributed by atoms with E-state index in [1.54, 1.807) is 0 Å². The molecule has 0 aromatic carbocycles. The number of likely N-dealkylation sites (tertiary alicyclic amines) is 1. The summed E-state index contributed by atoms with van der Waals surface area (Å²) >= 11 is 1.32. The predicted octanol–water partition coefficient (Wildman–Crippen LogP) is 1.45. The number of carbonyl (C=O) groups is 3. The van der Waals surface area contributed by atoms with E-state index in [1.807, 2.05) is 24.5 Å². The van der Waals surface area contributed by atoms with Crippen molar-refractivity contribution in [3.63, 3.8) is 0 Å². The number of hydrogen-bond donors (Lipinski definition) is 0. The SMILES string of the molecule is Cc1csc2nc(COC(=O)[C@H](C)N3C(=O)[C@H]4CC=CC[C@@H]4C3=O)cc(=O)n12. The molecule has 0 N–H and O–H groups in total. The summed E-state index contributed by atoms with van der Waals surface area (Å²) in [6, 6.07) is 0.302. The van der Waals surface area contributed by atoms with Gasteiger partial charge in [-0.15, -0.1) is 11.3 Å². The summed E-state index contributed by atoms with van der Waals surface area (Å²) in [5, 5.41) is 1.82. The number of esters is 1. The second-order valence-electron chi connectivity index (χ2n) is 7.07. The van der Waals surface area contributed by atoms with E-state index >= 15 is 0 Å². The molecule has 2 aromatic heterocycles. The second kappa shape index (κ2) is 6.97. The number of nitrogens with zero attached hydrogens (tertiary/aromatic N) is 3. The third-order valence-corrected chi connectivity index (χ3v) is 6.20. The van der Waals surface area contributed by atoms with E-state index in [-0.39, 0.29) is 35.8 Å². The largest absolute Gasteiger partial charge is 0.458 e. The van der Waals surface area contributed by atoms with Crippen LogP contribution in [-0.2, 0) is 25.7 Å². The lowest BCUT2D eigenvalue weighted by Crippen LogP contribution is -2.44. The van der Waals surface area contributed by atoms with Crippen LogP contribution in [0.1, 0.15) is 31.2 Å². The van der Waals surface area contributed by atoms with E-state index in [0.29, 0.717) is 23.5 Å². The Bertz CT molecular complexity index is 1040. The Morgan fingerprint density at radius 2 is 1.89 bits per heavy atom. The van der Waals surface area contributed by atoms with Crippen molar-refractivity contribution in [2.24, 2.45) is 11.8 Å². The van der Waals surface area contributed by atoms with Gasteiger partial charge >= 0.3 is 5.97 Å². The topological polar surface area (TPSA) is 98.0 Å². The zero-order valence-corrected chi connectivity index (χ0v) is 16.3. The monoisotopic (exact) mass is 401 g/mol. The van der Waals surface area contributed by atoms with E-state index in [0.717, 1.165) is 10.6 Å². The summed E-state index contributed by atoms with van der Waals surface area (Å²) in [7, 11) is 0. The molecule has 1 aliphatic carbocycles. The number of thiazole rings is 1. The first-order valence-corrected chi connectivity index (χ1v) is 9.91. The van der Waals surface area contributed by atoms with Crippen LogP contribution < -0.4 is 5.56 Å². The maximum atomic E-state index is 12.6. The smallest absolute Gasteiger partial charge is 0.329 e. The summed E-state index contributed by atoms with van der Waals surface area (Å²) in [6.07, 6.45) is 4.82. The van der Waals surface area contributed by atoms with Crippen molar-refractivity contribution in [2.45, 2.75) is 39.3 Å². The lowest BCUT2D eigenvalue weighted by atomic mass is 9.85. The molecule has 1 fully saturated rings. The lowest BCUT2D eigenvalue weighted by Gasteiger charge is -2.21. The number of aromatic nitrogens is 2. The van der Waals surface area contributed by atoms with Crippen molar-refractivity contribution in [1.82, 2.24) is 14.3 Å². The first-order chi connectivity index (χ1) is 13.4. The minimum atomic E-state index is -1.01. The molecule has 3 atom stereocenters. The van der Waals surface area contributed by atoms with Crippen LogP contribution in [0.4, 0.5) is 0 Å². The van der Waals surface area contributed by atoms with Crippen molar-refractivity contribution in [1.29, 1.82) is 0 Å². The number of carbonyl (C=O) groups excluding carboxylic acids is 3. The normalized spacial score (nSPS) is 22.6. The first kappa shape index (κ1) is 18.5. The highest BCUT2D eigenvalue weighted by Crippen LogP contribution is 2.36. The molecule has 28 heavy (non-hydrogen) atoms. The quantitative estimate of drug-likeness (QED) is 0.437. The third-order valence-electron chi connectivity index (χ3n) is 5.26. The summed E-state index contributed by atoms with van der Waals surface area (Å²) in [5.74, 6) is -2.12. The number of allylic oxidation sites excluding steroid dienone is 2. The number of aryl methyl sites for hydroxylation is 1. The van der Waals surface area contributed by atoms with Crippen LogP contribution in [0.25, 0.3) is 4.96 Å². The molecule has 146 valence electrons. The second-order valence-corrected chi connectivity index (χ2v) is 7.90. The molecule has 3 heterocycles. The molecule has 4 rings (SSSR count). The van der Waals surface area contributed by atoms with Gasteiger partial charge in [-0.3, -0.25) is 23.7 Å². The van der Waals surface area contributed by atoms with Gasteiger partial charge in [-0.05, 0) is 26.7 Å². The summed E-state index contributed by atoms with van der Waals surface area (Å²) in [5.41, 5.74) is 0.866. The van der Waals surface area contributed by atoms with Gasteiger partial charge in [0, 0.05) is 17.1 Å². The van der Waals surface area contributed by atoms with Crippen LogP contribution in [-0.4, -0.2) is 38.1 Å². The molecule has 1 aliphatic heterocycles. The van der Waals surface area contributed by atoms with Crippen molar-refractivity contribution >= 4 is 34.1 Å².